The Morgan fingerprint density at radius 2 is 1.79 bits per heavy atom. The van der Waals surface area contributed by atoms with Crippen LogP contribution in [0, 0.1) is 13.8 Å². The number of hydrogen-bond donors (Lipinski definition) is 1. The number of aryl methyl sites for hydroxylation is 1. The number of anilines is 1. The summed E-state index contributed by atoms with van der Waals surface area (Å²) in [6, 6.07) is 17.5. The Morgan fingerprint density at radius 3 is 2.54 bits per heavy atom. The second-order valence-electron chi connectivity index (χ2n) is 6.43. The molecule has 2 aromatic carbocycles. The van der Waals surface area contributed by atoms with Gasteiger partial charge in [0.15, 0.2) is 5.82 Å². The fraction of sp³-hybridized carbons (Fsp3) is 0.0952. The predicted octanol–water partition coefficient (Wildman–Crippen LogP) is 4.69. The highest BCUT2D eigenvalue weighted by Crippen LogP contribution is 2.20. The molecular formula is C21H18BrN5O. The van der Waals surface area contributed by atoms with Crippen molar-refractivity contribution in [3.05, 3.63) is 88.3 Å². The second kappa shape index (κ2) is 7.44. The van der Waals surface area contributed by atoms with Gasteiger partial charge in [-0.05, 0) is 44.2 Å². The fourth-order valence-corrected chi connectivity index (χ4v) is 3.36. The summed E-state index contributed by atoms with van der Waals surface area (Å²) in [5, 5.41) is 11.8. The van der Waals surface area contributed by atoms with Crippen molar-refractivity contribution in [2.75, 3.05) is 5.32 Å². The van der Waals surface area contributed by atoms with E-state index in [1.807, 2.05) is 74.6 Å². The lowest BCUT2D eigenvalue weighted by atomic mass is 10.2. The molecule has 6 nitrogen and oxygen atoms in total. The first-order valence-electron chi connectivity index (χ1n) is 8.76. The lowest BCUT2D eigenvalue weighted by molar-refractivity contribution is 0.102. The molecule has 4 aromatic rings. The van der Waals surface area contributed by atoms with Gasteiger partial charge in [-0.3, -0.25) is 4.79 Å². The van der Waals surface area contributed by atoms with Crippen molar-refractivity contribution in [2.24, 2.45) is 0 Å². The lowest BCUT2D eigenvalue weighted by Gasteiger charge is -2.06. The molecular weight excluding hydrogens is 418 g/mol. The molecule has 2 aromatic heterocycles. The highest BCUT2D eigenvalue weighted by atomic mass is 79.9. The molecule has 140 valence electrons. The van der Waals surface area contributed by atoms with Gasteiger partial charge in [-0.1, -0.05) is 40.2 Å². The minimum absolute atomic E-state index is 0.236. The maximum Gasteiger partial charge on any atom is 0.260 e. The zero-order valence-corrected chi connectivity index (χ0v) is 17.0. The van der Waals surface area contributed by atoms with E-state index in [0.717, 1.165) is 27.1 Å². The van der Waals surface area contributed by atoms with E-state index in [1.165, 1.54) is 0 Å². The van der Waals surface area contributed by atoms with Crippen molar-refractivity contribution in [3.63, 3.8) is 0 Å². The van der Waals surface area contributed by atoms with Gasteiger partial charge >= 0.3 is 0 Å². The minimum Gasteiger partial charge on any atom is -0.305 e. The zero-order chi connectivity index (χ0) is 19.7. The van der Waals surface area contributed by atoms with Gasteiger partial charge < -0.3 is 5.32 Å². The number of rotatable bonds is 4. The largest absolute Gasteiger partial charge is 0.305 e. The maximum absolute atomic E-state index is 12.8. The van der Waals surface area contributed by atoms with Gasteiger partial charge in [-0.15, -0.1) is 5.10 Å². The van der Waals surface area contributed by atoms with Crippen molar-refractivity contribution < 1.29 is 4.79 Å². The third-order valence-corrected chi connectivity index (χ3v) is 4.95. The summed E-state index contributed by atoms with van der Waals surface area (Å²) in [5.74, 6) is 0.295. The Hall–Kier alpha value is -3.19. The van der Waals surface area contributed by atoms with E-state index in [2.05, 4.69) is 31.4 Å². The van der Waals surface area contributed by atoms with E-state index < -0.39 is 0 Å². The average Bonchev–Trinajstić information content (AvgIpc) is 3.25. The Bertz CT molecular complexity index is 1150. The van der Waals surface area contributed by atoms with E-state index in [9.17, 15) is 4.79 Å². The predicted molar refractivity (Wildman–Crippen MR) is 112 cm³/mol. The first-order valence-corrected chi connectivity index (χ1v) is 9.56. The van der Waals surface area contributed by atoms with E-state index in [1.54, 1.807) is 15.6 Å². The molecule has 2 heterocycles. The third-order valence-electron chi connectivity index (χ3n) is 4.46. The molecule has 0 saturated carbocycles. The normalized spacial score (nSPS) is 10.8. The highest BCUT2D eigenvalue weighted by Gasteiger charge is 2.17. The summed E-state index contributed by atoms with van der Waals surface area (Å²) in [5.41, 5.74) is 3.97. The van der Waals surface area contributed by atoms with Crippen LogP contribution in [0.3, 0.4) is 0 Å². The van der Waals surface area contributed by atoms with Gasteiger partial charge in [0.2, 0.25) is 0 Å². The van der Waals surface area contributed by atoms with Gasteiger partial charge in [0, 0.05) is 16.2 Å². The smallest absolute Gasteiger partial charge is 0.260 e. The topological polar surface area (TPSA) is 64.7 Å². The fourth-order valence-electron chi connectivity index (χ4n) is 2.97. The highest BCUT2D eigenvalue weighted by molar-refractivity contribution is 9.10. The van der Waals surface area contributed by atoms with Crippen LogP contribution < -0.4 is 5.32 Å². The number of carbonyl (C=O) groups excluding carboxylic acids is 1. The van der Waals surface area contributed by atoms with Crippen LogP contribution in [0.5, 0.6) is 0 Å². The second-order valence-corrected chi connectivity index (χ2v) is 7.35. The quantitative estimate of drug-likeness (QED) is 0.505. The standard InChI is InChI=1S/C21H18BrN5O/c1-14-13-26(17-8-4-3-5-9-17)25-20(14)24-21(28)19-12-23-27(15(19)2)18-10-6-7-16(22)11-18/h3-13H,1-2H3,(H,24,25,28). The molecule has 0 aliphatic heterocycles. The van der Waals surface area contributed by atoms with Gasteiger partial charge in [0.05, 0.1) is 28.8 Å². The van der Waals surface area contributed by atoms with E-state index >= 15 is 0 Å². The van der Waals surface area contributed by atoms with Crippen molar-refractivity contribution in [1.82, 2.24) is 19.6 Å². The third kappa shape index (κ3) is 3.48. The molecule has 0 bridgehead atoms. The van der Waals surface area contributed by atoms with Crippen molar-refractivity contribution in [2.45, 2.75) is 13.8 Å². The van der Waals surface area contributed by atoms with Crippen LogP contribution in [-0.2, 0) is 0 Å². The van der Waals surface area contributed by atoms with Crippen LogP contribution in [0.4, 0.5) is 5.82 Å². The van der Waals surface area contributed by atoms with Crippen molar-refractivity contribution in [3.8, 4) is 11.4 Å². The SMILES string of the molecule is Cc1cn(-c2ccccc2)nc1NC(=O)c1cnn(-c2cccc(Br)c2)c1C. The Balaban J connectivity index is 1.59. The number of para-hydroxylation sites is 1. The first kappa shape index (κ1) is 18.2. The summed E-state index contributed by atoms with van der Waals surface area (Å²) in [6.45, 7) is 3.79. The van der Waals surface area contributed by atoms with Crippen LogP contribution in [-0.4, -0.2) is 25.5 Å². The lowest BCUT2D eigenvalue weighted by Crippen LogP contribution is -2.14. The number of nitrogens with one attached hydrogen (secondary N) is 1. The molecule has 0 fully saturated rings. The van der Waals surface area contributed by atoms with Gasteiger partial charge in [-0.2, -0.15) is 5.10 Å². The molecule has 0 unspecified atom stereocenters. The molecule has 1 amide bonds. The summed E-state index contributed by atoms with van der Waals surface area (Å²) in [4.78, 5) is 12.8. The number of carbonyl (C=O) groups is 1. The maximum atomic E-state index is 12.8. The number of hydrogen-bond acceptors (Lipinski definition) is 3. The van der Waals surface area contributed by atoms with Crippen LogP contribution in [0.1, 0.15) is 21.6 Å². The number of halogens is 1. The van der Waals surface area contributed by atoms with Gasteiger partial charge in [0.25, 0.3) is 5.91 Å². The van der Waals surface area contributed by atoms with Gasteiger partial charge in [-0.25, -0.2) is 9.36 Å². The Labute approximate surface area is 170 Å². The number of benzene rings is 2. The first-order chi connectivity index (χ1) is 13.5. The van der Waals surface area contributed by atoms with Crippen LogP contribution in [0.2, 0.25) is 0 Å². The monoisotopic (exact) mass is 435 g/mol. The molecule has 0 saturated heterocycles. The average molecular weight is 436 g/mol. The number of amides is 1. The molecule has 7 heteroatoms. The minimum atomic E-state index is -0.236. The molecule has 0 aliphatic carbocycles. The number of aromatic nitrogens is 4. The summed E-state index contributed by atoms with van der Waals surface area (Å²) in [6.07, 6.45) is 3.47. The van der Waals surface area contributed by atoms with Crippen LogP contribution >= 0.6 is 15.9 Å². The van der Waals surface area contributed by atoms with Crippen LogP contribution in [0.15, 0.2) is 71.5 Å². The molecule has 0 radical (unpaired) electrons. The zero-order valence-electron chi connectivity index (χ0n) is 15.4. The summed E-state index contributed by atoms with van der Waals surface area (Å²) in [7, 11) is 0. The van der Waals surface area contributed by atoms with Crippen molar-refractivity contribution >= 4 is 27.7 Å². The van der Waals surface area contributed by atoms with Crippen LogP contribution in [0.25, 0.3) is 11.4 Å². The van der Waals surface area contributed by atoms with Gasteiger partial charge in [0.1, 0.15) is 0 Å². The molecule has 0 atom stereocenters. The molecule has 28 heavy (non-hydrogen) atoms. The Morgan fingerprint density at radius 1 is 1.04 bits per heavy atom. The van der Waals surface area contributed by atoms with E-state index in [-0.39, 0.29) is 5.91 Å². The summed E-state index contributed by atoms with van der Waals surface area (Å²) >= 11 is 3.46. The molecule has 0 spiro atoms. The van der Waals surface area contributed by atoms with Crippen molar-refractivity contribution in [1.29, 1.82) is 0 Å². The Kier molecular flexibility index (Phi) is 4.83. The van der Waals surface area contributed by atoms with E-state index in [4.69, 9.17) is 0 Å². The van der Waals surface area contributed by atoms with E-state index in [0.29, 0.717) is 11.4 Å². The number of nitrogens with zero attached hydrogens (tertiary/aromatic N) is 4. The molecule has 1 N–H and O–H groups in total. The molecule has 4 rings (SSSR count). The molecule has 0 aliphatic rings. The summed E-state index contributed by atoms with van der Waals surface area (Å²) < 4.78 is 4.45.